The molecule has 2 aliphatic heterocycles. The fourth-order valence-corrected chi connectivity index (χ4v) is 0.895. The molecule has 4 nitrogen and oxygen atoms in total. The Balaban J connectivity index is 0.000000120. The maximum Gasteiger partial charge on any atom is 0.0823 e. The Bertz CT molecular complexity index is 119. The minimum Gasteiger partial charge on any atom is -0.379 e. The summed E-state index contributed by atoms with van der Waals surface area (Å²) in [4.78, 5) is 3.94. The third kappa shape index (κ3) is 4.73. The number of hydrogen-bond acceptors (Lipinski definition) is 4. The Labute approximate surface area is 73.1 Å². The lowest BCUT2D eigenvalue weighted by Crippen LogP contribution is -2.29. The number of hydrogen-bond donors (Lipinski definition) is 3. The van der Waals surface area contributed by atoms with Gasteiger partial charge in [0.15, 0.2) is 0 Å². The molecule has 68 valence electrons. The molecule has 2 rings (SSSR count). The van der Waals surface area contributed by atoms with Gasteiger partial charge in [0.25, 0.3) is 0 Å². The van der Waals surface area contributed by atoms with E-state index >= 15 is 0 Å². The van der Waals surface area contributed by atoms with Crippen LogP contribution >= 0.6 is 0 Å². The predicted molar refractivity (Wildman–Crippen MR) is 51.1 cm³/mol. The van der Waals surface area contributed by atoms with Gasteiger partial charge in [-0.25, -0.2) is 0 Å². The van der Waals surface area contributed by atoms with Crippen LogP contribution in [0.15, 0.2) is 17.3 Å². The topological polar surface area (TPSA) is 48.5 Å². The molecule has 0 radical (unpaired) electrons. The average Bonchev–Trinajstić information content (AvgIpc) is 2.24. The van der Waals surface area contributed by atoms with Crippen molar-refractivity contribution in [3.8, 4) is 0 Å². The van der Waals surface area contributed by atoms with E-state index in [1.807, 2.05) is 12.3 Å². The van der Waals surface area contributed by atoms with Gasteiger partial charge in [0.2, 0.25) is 0 Å². The van der Waals surface area contributed by atoms with Crippen molar-refractivity contribution in [3.63, 3.8) is 0 Å². The first-order valence-corrected chi connectivity index (χ1v) is 4.31. The van der Waals surface area contributed by atoms with Crippen LogP contribution in [0.25, 0.3) is 0 Å². The monoisotopic (exact) mass is 168 g/mol. The van der Waals surface area contributed by atoms with Crippen LogP contribution in [0.3, 0.4) is 0 Å². The Kier molecular flexibility index (Phi) is 5.03. The Hall–Kier alpha value is -1.03. The molecule has 0 amide bonds. The van der Waals surface area contributed by atoms with Crippen LogP contribution in [-0.2, 0) is 0 Å². The highest BCUT2D eigenvalue weighted by Crippen LogP contribution is 1.79. The predicted octanol–water partition coefficient (Wildman–Crippen LogP) is -0.342. The molecule has 12 heavy (non-hydrogen) atoms. The molecule has 0 saturated heterocycles. The second kappa shape index (κ2) is 6.67. The first kappa shape index (κ1) is 9.06. The Morgan fingerprint density at radius 2 is 2.25 bits per heavy atom. The maximum atomic E-state index is 3.94. The van der Waals surface area contributed by atoms with Crippen molar-refractivity contribution >= 4 is 6.34 Å². The van der Waals surface area contributed by atoms with E-state index in [0.29, 0.717) is 0 Å². The van der Waals surface area contributed by atoms with Gasteiger partial charge in [-0.3, -0.25) is 10.3 Å². The van der Waals surface area contributed by atoms with E-state index in [2.05, 4.69) is 20.9 Å². The number of rotatable bonds is 0. The molecule has 0 bridgehead atoms. The number of aliphatic imine (C=N–C) groups is 1. The molecule has 0 atom stereocenters. The smallest absolute Gasteiger partial charge is 0.0823 e. The van der Waals surface area contributed by atoms with E-state index in [0.717, 1.165) is 26.3 Å². The molecule has 0 aliphatic carbocycles. The molecular formula is C8H16N4. The molecule has 3 N–H and O–H groups in total. The molecule has 4 heteroatoms. The highest BCUT2D eigenvalue weighted by molar-refractivity contribution is 5.54. The molecule has 0 spiro atoms. The summed E-state index contributed by atoms with van der Waals surface area (Å²) in [6.45, 7) is 4.03. The zero-order chi connectivity index (χ0) is 8.49. The largest absolute Gasteiger partial charge is 0.379 e. The van der Waals surface area contributed by atoms with Crippen LogP contribution in [0.5, 0.6) is 0 Å². The SMILES string of the molecule is C1=CNCNC1.C1=NCCCN1. The van der Waals surface area contributed by atoms with Crippen LogP contribution in [0.1, 0.15) is 6.42 Å². The lowest BCUT2D eigenvalue weighted by atomic mass is 10.4. The molecule has 2 heterocycles. The van der Waals surface area contributed by atoms with Crippen LogP contribution in [0.4, 0.5) is 0 Å². The third-order valence-electron chi connectivity index (χ3n) is 1.52. The minimum absolute atomic E-state index is 0.913. The van der Waals surface area contributed by atoms with Gasteiger partial charge in [0, 0.05) is 19.6 Å². The van der Waals surface area contributed by atoms with Crippen molar-refractivity contribution in [3.05, 3.63) is 12.3 Å². The van der Waals surface area contributed by atoms with Crippen LogP contribution < -0.4 is 16.0 Å². The first-order chi connectivity index (χ1) is 6.00. The van der Waals surface area contributed by atoms with Crippen molar-refractivity contribution in [2.24, 2.45) is 4.99 Å². The molecule has 0 aromatic heterocycles. The van der Waals surface area contributed by atoms with Gasteiger partial charge in [-0.05, 0) is 12.6 Å². The summed E-state index contributed by atoms with van der Waals surface area (Å²) in [5, 5.41) is 9.07. The summed E-state index contributed by atoms with van der Waals surface area (Å²) < 4.78 is 0. The second-order valence-corrected chi connectivity index (χ2v) is 2.58. The van der Waals surface area contributed by atoms with Gasteiger partial charge in [-0.2, -0.15) is 0 Å². The fraction of sp³-hybridized carbons (Fsp3) is 0.625. The van der Waals surface area contributed by atoms with Crippen molar-refractivity contribution in [2.45, 2.75) is 6.42 Å². The average molecular weight is 168 g/mol. The first-order valence-electron chi connectivity index (χ1n) is 4.31. The number of nitrogens with zero attached hydrogens (tertiary/aromatic N) is 1. The van der Waals surface area contributed by atoms with Crippen molar-refractivity contribution in [1.29, 1.82) is 0 Å². The van der Waals surface area contributed by atoms with Crippen molar-refractivity contribution in [2.75, 3.05) is 26.3 Å². The normalized spacial score (nSPS) is 20.0. The van der Waals surface area contributed by atoms with Crippen LogP contribution in [0.2, 0.25) is 0 Å². The minimum atomic E-state index is 0.913. The van der Waals surface area contributed by atoms with Gasteiger partial charge in [-0.15, -0.1) is 0 Å². The lowest BCUT2D eigenvalue weighted by Gasteiger charge is -2.05. The molecule has 0 unspecified atom stereocenters. The molecule has 0 fully saturated rings. The highest BCUT2D eigenvalue weighted by atomic mass is 15.1. The molecule has 0 saturated carbocycles. The zero-order valence-corrected chi connectivity index (χ0v) is 7.21. The quantitative estimate of drug-likeness (QED) is 0.464. The van der Waals surface area contributed by atoms with E-state index < -0.39 is 0 Å². The summed E-state index contributed by atoms with van der Waals surface area (Å²) in [5.74, 6) is 0. The maximum absolute atomic E-state index is 3.94. The van der Waals surface area contributed by atoms with Gasteiger partial charge in [0.05, 0.1) is 13.0 Å². The van der Waals surface area contributed by atoms with Gasteiger partial charge in [-0.1, -0.05) is 6.08 Å². The van der Waals surface area contributed by atoms with E-state index in [1.165, 1.54) is 6.42 Å². The standard InChI is InChI=1S/2C4H8N2/c2*1-2-5-4-6-3-1/h4H,1-3H2,(H,5,6);1-2,5-6H,3-4H2. The lowest BCUT2D eigenvalue weighted by molar-refractivity contribution is 0.669. The zero-order valence-electron chi connectivity index (χ0n) is 7.21. The van der Waals surface area contributed by atoms with Gasteiger partial charge in [0.1, 0.15) is 0 Å². The summed E-state index contributed by atoms with van der Waals surface area (Å²) in [7, 11) is 0. The molecule has 0 aromatic rings. The van der Waals surface area contributed by atoms with E-state index in [9.17, 15) is 0 Å². The van der Waals surface area contributed by atoms with E-state index in [1.54, 1.807) is 6.34 Å². The number of nitrogens with one attached hydrogen (secondary N) is 3. The Morgan fingerprint density at radius 1 is 1.25 bits per heavy atom. The second-order valence-electron chi connectivity index (χ2n) is 2.58. The van der Waals surface area contributed by atoms with Crippen LogP contribution in [0, 0.1) is 0 Å². The van der Waals surface area contributed by atoms with Crippen molar-refractivity contribution in [1.82, 2.24) is 16.0 Å². The van der Waals surface area contributed by atoms with E-state index in [-0.39, 0.29) is 0 Å². The fourth-order valence-electron chi connectivity index (χ4n) is 0.895. The third-order valence-corrected chi connectivity index (χ3v) is 1.52. The molecule has 2 aliphatic rings. The summed E-state index contributed by atoms with van der Waals surface area (Å²) in [6, 6.07) is 0. The summed E-state index contributed by atoms with van der Waals surface area (Å²) in [6.07, 6.45) is 6.96. The van der Waals surface area contributed by atoms with Gasteiger partial charge < -0.3 is 10.6 Å². The summed E-state index contributed by atoms with van der Waals surface area (Å²) in [5.41, 5.74) is 0. The van der Waals surface area contributed by atoms with E-state index in [4.69, 9.17) is 0 Å². The molecule has 0 aromatic carbocycles. The van der Waals surface area contributed by atoms with Crippen LogP contribution in [-0.4, -0.2) is 32.6 Å². The van der Waals surface area contributed by atoms with Crippen molar-refractivity contribution < 1.29 is 0 Å². The molecular weight excluding hydrogens is 152 g/mol. The highest BCUT2D eigenvalue weighted by Gasteiger charge is 1.85. The Morgan fingerprint density at radius 3 is 2.42 bits per heavy atom. The van der Waals surface area contributed by atoms with Gasteiger partial charge >= 0.3 is 0 Å². The summed E-state index contributed by atoms with van der Waals surface area (Å²) >= 11 is 0.